The molecule has 166 valence electrons. The average Bonchev–Trinajstić information content (AvgIpc) is 2.83. The summed E-state index contributed by atoms with van der Waals surface area (Å²) in [6, 6.07) is 22.6. The lowest BCUT2D eigenvalue weighted by molar-refractivity contribution is -0.125. The molecule has 6 nitrogen and oxygen atoms in total. The van der Waals surface area contributed by atoms with Gasteiger partial charge in [0.15, 0.2) is 0 Å². The summed E-state index contributed by atoms with van der Waals surface area (Å²) in [6.07, 6.45) is 0.321. The van der Waals surface area contributed by atoms with Crippen LogP contribution in [0.25, 0.3) is 0 Å². The number of ether oxygens (including phenoxy) is 1. The van der Waals surface area contributed by atoms with Gasteiger partial charge in [0.1, 0.15) is 11.8 Å². The van der Waals surface area contributed by atoms with Crippen molar-refractivity contribution in [1.29, 1.82) is 0 Å². The number of carbonyl (C=O) groups excluding carboxylic acids is 1. The normalized spacial score (nSPS) is 16.2. The molecule has 0 bridgehead atoms. The molecule has 0 aliphatic carbocycles. The largest absolute Gasteiger partial charge is 0.494 e. The van der Waals surface area contributed by atoms with Crippen LogP contribution in [0.1, 0.15) is 23.6 Å². The minimum absolute atomic E-state index is 0.154. The summed E-state index contributed by atoms with van der Waals surface area (Å²) in [5.74, 6) is 0.378. The summed E-state index contributed by atoms with van der Waals surface area (Å²) in [5.41, 5.74) is 2.75. The van der Waals surface area contributed by atoms with Crippen LogP contribution in [0.3, 0.4) is 0 Å². The van der Waals surface area contributed by atoms with Crippen LogP contribution in [0.4, 0.5) is 0 Å². The quantitative estimate of drug-likeness (QED) is 0.598. The fourth-order valence-corrected chi connectivity index (χ4v) is 5.54. The average molecular weight is 451 g/mol. The zero-order valence-corrected chi connectivity index (χ0v) is 18.7. The molecule has 7 heteroatoms. The second-order valence-corrected chi connectivity index (χ2v) is 9.50. The number of hydrogen-bond acceptors (Lipinski definition) is 4. The highest BCUT2D eigenvalue weighted by Crippen LogP contribution is 2.29. The predicted molar refractivity (Wildman–Crippen MR) is 123 cm³/mol. The molecular weight excluding hydrogens is 424 g/mol. The highest BCUT2D eigenvalue weighted by atomic mass is 32.2. The van der Waals surface area contributed by atoms with Crippen molar-refractivity contribution in [3.05, 3.63) is 95.6 Å². The molecule has 0 unspecified atom stereocenters. The molecular formula is C25H26N2O4S. The van der Waals surface area contributed by atoms with Gasteiger partial charge in [-0.05, 0) is 42.7 Å². The van der Waals surface area contributed by atoms with Gasteiger partial charge in [-0.2, -0.15) is 4.31 Å². The molecule has 3 aromatic carbocycles. The number of hydrogen-bond donors (Lipinski definition) is 1. The molecule has 0 spiro atoms. The summed E-state index contributed by atoms with van der Waals surface area (Å²) in [7, 11) is -3.85. The monoisotopic (exact) mass is 450 g/mol. The number of nitrogens with zero attached hydrogens (tertiary/aromatic N) is 1. The molecule has 4 rings (SSSR count). The lowest BCUT2D eigenvalue weighted by Crippen LogP contribution is -2.52. The van der Waals surface area contributed by atoms with Crippen molar-refractivity contribution in [3.63, 3.8) is 0 Å². The molecule has 0 fully saturated rings. The van der Waals surface area contributed by atoms with E-state index in [-0.39, 0.29) is 23.9 Å². The lowest BCUT2D eigenvalue weighted by Gasteiger charge is -2.35. The lowest BCUT2D eigenvalue weighted by atomic mass is 9.95. The zero-order valence-electron chi connectivity index (χ0n) is 17.9. The fourth-order valence-electron chi connectivity index (χ4n) is 3.95. The molecule has 1 aliphatic rings. The van der Waals surface area contributed by atoms with Gasteiger partial charge in [-0.3, -0.25) is 4.79 Å². The van der Waals surface area contributed by atoms with E-state index in [1.807, 2.05) is 55.5 Å². The minimum Gasteiger partial charge on any atom is -0.494 e. The summed E-state index contributed by atoms with van der Waals surface area (Å²) < 4.78 is 33.9. The van der Waals surface area contributed by atoms with Crippen LogP contribution in [0.2, 0.25) is 0 Å². The van der Waals surface area contributed by atoms with Crippen molar-refractivity contribution in [3.8, 4) is 5.75 Å². The molecule has 1 amide bonds. The maximum absolute atomic E-state index is 13.5. The van der Waals surface area contributed by atoms with E-state index >= 15 is 0 Å². The third-order valence-corrected chi connectivity index (χ3v) is 7.45. The Morgan fingerprint density at radius 3 is 2.38 bits per heavy atom. The minimum atomic E-state index is -3.85. The first kappa shape index (κ1) is 22.0. The molecule has 1 aliphatic heterocycles. The molecule has 1 N–H and O–H groups in total. The number of rotatable bonds is 7. The molecule has 0 aromatic heterocycles. The van der Waals surface area contributed by atoms with E-state index in [0.717, 1.165) is 16.7 Å². The Balaban J connectivity index is 1.62. The van der Waals surface area contributed by atoms with Crippen molar-refractivity contribution < 1.29 is 17.9 Å². The first-order valence-electron chi connectivity index (χ1n) is 10.6. The van der Waals surface area contributed by atoms with Crippen LogP contribution in [0.5, 0.6) is 5.75 Å². The van der Waals surface area contributed by atoms with Gasteiger partial charge >= 0.3 is 0 Å². The number of benzene rings is 3. The maximum Gasteiger partial charge on any atom is 0.244 e. The number of amides is 1. The van der Waals surface area contributed by atoms with Crippen molar-refractivity contribution >= 4 is 15.9 Å². The number of para-hydroxylation sites is 1. The Morgan fingerprint density at radius 1 is 0.969 bits per heavy atom. The van der Waals surface area contributed by atoms with Gasteiger partial charge < -0.3 is 10.1 Å². The number of nitrogens with one attached hydrogen (secondary N) is 1. The van der Waals surface area contributed by atoms with Crippen LogP contribution in [-0.4, -0.2) is 31.3 Å². The summed E-state index contributed by atoms with van der Waals surface area (Å²) in [6.45, 7) is 2.84. The van der Waals surface area contributed by atoms with Crippen molar-refractivity contribution in [1.82, 2.24) is 9.62 Å². The summed E-state index contributed by atoms with van der Waals surface area (Å²) in [5, 5.41) is 2.93. The standard InChI is InChI=1S/C25H26N2O4S/c1-2-31-24-15-9-8-11-20(24)17-26-25(28)23-16-19-10-6-7-12-21(19)18-27(23)32(29,30)22-13-4-3-5-14-22/h3-15,23H,2,16-18H2,1H3,(H,26,28)/t23-/m1/s1. The van der Waals surface area contributed by atoms with E-state index in [4.69, 9.17) is 4.74 Å². The van der Waals surface area contributed by atoms with Crippen molar-refractivity contribution in [2.24, 2.45) is 0 Å². The number of sulfonamides is 1. The number of carbonyl (C=O) groups is 1. The molecule has 0 saturated heterocycles. The van der Waals surface area contributed by atoms with Gasteiger partial charge in [-0.15, -0.1) is 0 Å². The van der Waals surface area contributed by atoms with Gasteiger partial charge in [0.25, 0.3) is 0 Å². The first-order chi connectivity index (χ1) is 15.5. The first-order valence-corrected chi connectivity index (χ1v) is 12.1. The van der Waals surface area contributed by atoms with Gasteiger partial charge in [-0.25, -0.2) is 8.42 Å². The molecule has 1 heterocycles. The van der Waals surface area contributed by atoms with Gasteiger partial charge in [0, 0.05) is 18.7 Å². The Labute approximate surface area is 188 Å². The van der Waals surface area contributed by atoms with Gasteiger partial charge in [-0.1, -0.05) is 60.7 Å². The SMILES string of the molecule is CCOc1ccccc1CNC(=O)[C@H]1Cc2ccccc2CN1S(=O)(=O)c1ccccc1. The Morgan fingerprint density at radius 2 is 1.62 bits per heavy atom. The van der Waals surface area contributed by atoms with Crippen LogP contribution < -0.4 is 10.1 Å². The van der Waals surface area contributed by atoms with Gasteiger partial charge in [0.05, 0.1) is 11.5 Å². The number of fused-ring (bicyclic) bond motifs is 1. The van der Waals surface area contributed by atoms with Crippen LogP contribution in [0.15, 0.2) is 83.8 Å². The van der Waals surface area contributed by atoms with E-state index < -0.39 is 16.1 Å². The van der Waals surface area contributed by atoms with Crippen LogP contribution in [0, 0.1) is 0 Å². The second kappa shape index (κ2) is 9.54. The second-order valence-electron chi connectivity index (χ2n) is 7.61. The van der Waals surface area contributed by atoms with Gasteiger partial charge in [0.2, 0.25) is 15.9 Å². The Bertz CT molecular complexity index is 1200. The highest BCUT2D eigenvalue weighted by molar-refractivity contribution is 7.89. The smallest absolute Gasteiger partial charge is 0.244 e. The maximum atomic E-state index is 13.5. The molecule has 0 radical (unpaired) electrons. The highest BCUT2D eigenvalue weighted by Gasteiger charge is 2.39. The summed E-state index contributed by atoms with van der Waals surface area (Å²) in [4.78, 5) is 13.5. The van der Waals surface area contributed by atoms with Crippen LogP contribution >= 0.6 is 0 Å². The predicted octanol–water partition coefficient (Wildman–Crippen LogP) is 3.52. The third-order valence-electron chi connectivity index (χ3n) is 5.58. The van der Waals surface area contributed by atoms with Crippen molar-refractivity contribution in [2.45, 2.75) is 37.4 Å². The molecule has 0 saturated carbocycles. The summed E-state index contributed by atoms with van der Waals surface area (Å²) >= 11 is 0. The molecule has 32 heavy (non-hydrogen) atoms. The fraction of sp³-hybridized carbons (Fsp3) is 0.240. The molecule has 3 aromatic rings. The van der Waals surface area contributed by atoms with E-state index in [2.05, 4.69) is 5.32 Å². The Kier molecular flexibility index (Phi) is 6.58. The topological polar surface area (TPSA) is 75.7 Å². The van der Waals surface area contributed by atoms with E-state index in [1.165, 1.54) is 4.31 Å². The van der Waals surface area contributed by atoms with Crippen LogP contribution in [-0.2, 0) is 34.3 Å². The van der Waals surface area contributed by atoms with E-state index in [0.29, 0.717) is 18.8 Å². The van der Waals surface area contributed by atoms with Crippen molar-refractivity contribution in [2.75, 3.05) is 6.61 Å². The van der Waals surface area contributed by atoms with E-state index in [9.17, 15) is 13.2 Å². The van der Waals surface area contributed by atoms with E-state index in [1.54, 1.807) is 30.3 Å². The third kappa shape index (κ3) is 4.54. The zero-order chi connectivity index (χ0) is 22.6. The molecule has 1 atom stereocenters. The Hall–Kier alpha value is -3.16.